The molecule has 1 unspecified atom stereocenters. The van der Waals surface area contributed by atoms with Crippen LogP contribution in [0.3, 0.4) is 0 Å². The number of rotatable bonds is 3. The Kier molecular flexibility index (Phi) is 5.34. The summed E-state index contributed by atoms with van der Waals surface area (Å²) in [7, 11) is 0. The Morgan fingerprint density at radius 1 is 0.778 bits per heavy atom. The molecule has 0 radical (unpaired) electrons. The van der Waals surface area contributed by atoms with Crippen LogP contribution in [-0.2, 0) is 0 Å². The van der Waals surface area contributed by atoms with Gasteiger partial charge >= 0.3 is 0 Å². The molecule has 0 amide bonds. The Balaban J connectivity index is 1.40. The van der Waals surface area contributed by atoms with Crippen molar-refractivity contribution in [2.24, 2.45) is 5.10 Å². The third-order valence-corrected chi connectivity index (χ3v) is 9.26. The molecule has 4 aromatic carbocycles. The van der Waals surface area contributed by atoms with Crippen molar-refractivity contribution < 1.29 is 0 Å². The first kappa shape index (κ1) is 22.0. The van der Waals surface area contributed by atoms with Crippen molar-refractivity contribution in [1.82, 2.24) is 15.0 Å². The molecular weight excluding hydrogens is 598 g/mol. The maximum Gasteiger partial charge on any atom is 0.210 e. The van der Waals surface area contributed by atoms with E-state index in [-0.39, 0.29) is 6.04 Å². The van der Waals surface area contributed by atoms with Crippen molar-refractivity contribution in [3.05, 3.63) is 105 Å². The molecule has 5 nitrogen and oxygen atoms in total. The molecule has 1 aliphatic rings. The van der Waals surface area contributed by atoms with E-state index in [9.17, 15) is 0 Å². The maximum absolute atomic E-state index is 5.13. The highest BCUT2D eigenvalue weighted by atomic mass is 79.9. The zero-order valence-corrected chi connectivity index (χ0v) is 22.8. The maximum atomic E-state index is 5.13. The Labute approximate surface area is 227 Å². The zero-order chi connectivity index (χ0) is 24.2. The molecule has 0 aliphatic carbocycles. The van der Waals surface area contributed by atoms with Crippen LogP contribution in [0.25, 0.3) is 32.3 Å². The molecule has 0 bridgehead atoms. The number of para-hydroxylation sites is 2. The number of nitrogens with zero attached hydrogens (tertiary/aromatic N) is 5. The number of thiazole rings is 1. The number of benzene rings is 4. The lowest BCUT2D eigenvalue weighted by atomic mass is 9.94. The van der Waals surface area contributed by atoms with Crippen LogP contribution in [0, 0.1) is 0 Å². The van der Waals surface area contributed by atoms with Crippen LogP contribution in [0.2, 0.25) is 0 Å². The molecule has 0 fully saturated rings. The first-order valence-electron chi connectivity index (χ1n) is 11.5. The fourth-order valence-corrected chi connectivity index (χ4v) is 6.25. The molecule has 1 aliphatic heterocycles. The van der Waals surface area contributed by atoms with Gasteiger partial charge in [0.25, 0.3) is 0 Å². The summed E-state index contributed by atoms with van der Waals surface area (Å²) in [4.78, 5) is 15.3. The van der Waals surface area contributed by atoms with Gasteiger partial charge in [0.05, 0.1) is 22.8 Å². The number of hydrogen-bond donors (Lipinski definition) is 0. The number of hydrazone groups is 1. The first-order chi connectivity index (χ1) is 17.6. The number of hydrogen-bond acceptors (Lipinski definition) is 6. The molecule has 0 spiro atoms. The molecule has 8 heteroatoms. The first-order valence-corrected chi connectivity index (χ1v) is 13.9. The predicted octanol–water partition coefficient (Wildman–Crippen LogP) is 8.27. The highest BCUT2D eigenvalue weighted by molar-refractivity contribution is 9.13. The van der Waals surface area contributed by atoms with Crippen molar-refractivity contribution in [2.45, 2.75) is 12.5 Å². The quantitative estimate of drug-likeness (QED) is 0.201. The number of halogens is 2. The summed E-state index contributed by atoms with van der Waals surface area (Å²) in [6, 6.07) is 29.2. The highest BCUT2D eigenvalue weighted by Gasteiger charge is 2.33. The minimum Gasteiger partial charge on any atom is -0.232 e. The van der Waals surface area contributed by atoms with Gasteiger partial charge in [-0.05, 0) is 78.0 Å². The van der Waals surface area contributed by atoms with Gasteiger partial charge in [-0.15, -0.1) is 0 Å². The van der Waals surface area contributed by atoms with Crippen LogP contribution in [0.4, 0.5) is 5.13 Å². The molecule has 36 heavy (non-hydrogen) atoms. The van der Waals surface area contributed by atoms with E-state index in [0.717, 1.165) is 47.6 Å². The molecule has 174 valence electrons. The highest BCUT2D eigenvalue weighted by Crippen LogP contribution is 2.42. The summed E-state index contributed by atoms with van der Waals surface area (Å²) in [5, 5.41) is 10.4. The molecule has 3 heterocycles. The SMILES string of the molecule is Brc1ccc(C2=NN(c3nc4nc5ccccc5nc4s3)C(c3cccc4ccccc34)C2)cc1Br. The van der Waals surface area contributed by atoms with Crippen LogP contribution in [0.1, 0.15) is 23.6 Å². The molecule has 1 atom stereocenters. The van der Waals surface area contributed by atoms with E-state index in [0.29, 0.717) is 5.65 Å². The number of fused-ring (bicyclic) bond motifs is 3. The average molecular weight is 615 g/mol. The van der Waals surface area contributed by atoms with Gasteiger partial charge in [-0.1, -0.05) is 72.0 Å². The van der Waals surface area contributed by atoms with Crippen LogP contribution < -0.4 is 5.01 Å². The lowest BCUT2D eigenvalue weighted by Gasteiger charge is -2.22. The second-order valence-electron chi connectivity index (χ2n) is 8.65. The largest absolute Gasteiger partial charge is 0.232 e. The number of aromatic nitrogens is 3. The van der Waals surface area contributed by atoms with E-state index >= 15 is 0 Å². The lowest BCUT2D eigenvalue weighted by Crippen LogP contribution is -2.18. The van der Waals surface area contributed by atoms with E-state index in [1.54, 1.807) is 0 Å². The summed E-state index contributed by atoms with van der Waals surface area (Å²) < 4.78 is 2.02. The van der Waals surface area contributed by atoms with Crippen LogP contribution in [0.15, 0.2) is 99.0 Å². The summed E-state index contributed by atoms with van der Waals surface area (Å²) in [5.41, 5.74) is 5.70. The second-order valence-corrected chi connectivity index (χ2v) is 11.3. The molecule has 7 rings (SSSR count). The van der Waals surface area contributed by atoms with Crippen molar-refractivity contribution in [2.75, 3.05) is 5.01 Å². The zero-order valence-electron chi connectivity index (χ0n) is 18.8. The van der Waals surface area contributed by atoms with E-state index in [2.05, 4.69) is 97.5 Å². The minimum atomic E-state index is 0.00324. The smallest absolute Gasteiger partial charge is 0.210 e. The van der Waals surface area contributed by atoms with Gasteiger partial charge in [0.15, 0.2) is 10.5 Å². The van der Waals surface area contributed by atoms with Crippen molar-refractivity contribution >= 4 is 86.3 Å². The van der Waals surface area contributed by atoms with E-state index in [1.807, 2.05) is 24.3 Å². The lowest BCUT2D eigenvalue weighted by molar-refractivity contribution is 0.712. The van der Waals surface area contributed by atoms with Crippen LogP contribution >= 0.6 is 43.2 Å². The molecule has 6 aromatic rings. The summed E-state index contributed by atoms with van der Waals surface area (Å²) >= 11 is 8.76. The van der Waals surface area contributed by atoms with Gasteiger partial charge in [-0.2, -0.15) is 10.1 Å². The Bertz CT molecular complexity index is 1770. The fraction of sp³-hybridized carbons (Fsp3) is 0.0714. The summed E-state index contributed by atoms with van der Waals surface area (Å²) in [6.07, 6.45) is 0.765. The monoisotopic (exact) mass is 613 g/mol. The average Bonchev–Trinajstić information content (AvgIpc) is 3.53. The van der Waals surface area contributed by atoms with Gasteiger partial charge in [0.2, 0.25) is 5.13 Å². The molecular formula is C28H17Br2N5S. The second kappa shape index (κ2) is 8.73. The van der Waals surface area contributed by atoms with Gasteiger partial charge in [-0.3, -0.25) is 0 Å². The van der Waals surface area contributed by atoms with Crippen LogP contribution in [0.5, 0.6) is 0 Å². The van der Waals surface area contributed by atoms with Crippen molar-refractivity contribution in [3.63, 3.8) is 0 Å². The fourth-order valence-electron chi connectivity index (χ4n) is 4.73. The van der Waals surface area contributed by atoms with Gasteiger partial charge < -0.3 is 0 Å². The standard InChI is InChI=1S/C28H17Br2N5S/c29-20-13-12-17(14-21(20)30)24-15-25(19-9-5-7-16-6-1-2-8-18(16)19)35(34-24)28-33-26-27(36-28)32-23-11-4-3-10-22(23)31-26/h1-14,25H,15H2. The molecule has 2 aromatic heterocycles. The Hall–Kier alpha value is -3.20. The third kappa shape index (κ3) is 3.72. The third-order valence-electron chi connectivity index (χ3n) is 6.45. The van der Waals surface area contributed by atoms with E-state index in [1.165, 1.54) is 27.7 Å². The van der Waals surface area contributed by atoms with Crippen LogP contribution in [-0.4, -0.2) is 20.7 Å². The molecule has 0 saturated heterocycles. The topological polar surface area (TPSA) is 54.3 Å². The van der Waals surface area contributed by atoms with Gasteiger partial charge in [0.1, 0.15) is 0 Å². The summed E-state index contributed by atoms with van der Waals surface area (Å²) in [6.45, 7) is 0. The van der Waals surface area contributed by atoms with Crippen molar-refractivity contribution in [3.8, 4) is 0 Å². The minimum absolute atomic E-state index is 0.00324. The summed E-state index contributed by atoms with van der Waals surface area (Å²) in [5.74, 6) is 0. The normalized spacial score (nSPS) is 15.8. The van der Waals surface area contributed by atoms with Gasteiger partial charge in [0, 0.05) is 15.4 Å². The van der Waals surface area contributed by atoms with Crippen molar-refractivity contribution in [1.29, 1.82) is 0 Å². The Morgan fingerprint density at radius 3 is 2.42 bits per heavy atom. The molecule has 0 N–H and O–H groups in total. The predicted molar refractivity (Wildman–Crippen MR) is 155 cm³/mol. The van der Waals surface area contributed by atoms with E-state index in [4.69, 9.17) is 20.1 Å². The van der Waals surface area contributed by atoms with Gasteiger partial charge in [-0.25, -0.2) is 15.0 Å². The Morgan fingerprint density at radius 2 is 1.56 bits per heavy atom. The molecule has 0 saturated carbocycles. The van der Waals surface area contributed by atoms with E-state index < -0.39 is 0 Å². The number of anilines is 1.